The monoisotopic (exact) mass is 619 g/mol. The van der Waals surface area contributed by atoms with E-state index in [1.165, 1.54) is 4.90 Å². The lowest BCUT2D eigenvalue weighted by molar-refractivity contribution is 0.0526. The van der Waals surface area contributed by atoms with Crippen LogP contribution in [0.3, 0.4) is 0 Å². The molecule has 1 aromatic heterocycles. The zero-order chi connectivity index (χ0) is 29.1. The van der Waals surface area contributed by atoms with Crippen molar-refractivity contribution in [3.05, 3.63) is 97.8 Å². The van der Waals surface area contributed by atoms with Crippen molar-refractivity contribution in [2.24, 2.45) is 0 Å². The summed E-state index contributed by atoms with van der Waals surface area (Å²) in [6.07, 6.45) is 3.06. The normalized spacial score (nSPS) is 14.3. The van der Waals surface area contributed by atoms with Gasteiger partial charge in [0.2, 0.25) is 5.76 Å². The molecule has 1 aliphatic rings. The van der Waals surface area contributed by atoms with Gasteiger partial charge in [-0.05, 0) is 73.5 Å². The summed E-state index contributed by atoms with van der Waals surface area (Å²) >= 11 is 3.43. The molecule has 0 saturated carbocycles. The maximum absolute atomic E-state index is 13.9. The number of hydrogen-bond acceptors (Lipinski definition) is 7. The van der Waals surface area contributed by atoms with E-state index in [1.807, 2.05) is 6.07 Å². The number of fused-ring (bicyclic) bond motifs is 2. The number of halogens is 1. The molecule has 0 bridgehead atoms. The molecule has 0 spiro atoms. The molecule has 0 N–H and O–H groups in total. The van der Waals surface area contributed by atoms with Crippen molar-refractivity contribution in [1.82, 2.24) is 0 Å². The highest BCUT2D eigenvalue weighted by atomic mass is 79.9. The lowest BCUT2D eigenvalue weighted by Crippen LogP contribution is -2.29. The molecule has 1 amide bonds. The molecule has 1 unspecified atom stereocenters. The number of anilines is 1. The van der Waals surface area contributed by atoms with Crippen molar-refractivity contribution in [1.29, 1.82) is 0 Å². The minimum atomic E-state index is -0.811. The Morgan fingerprint density at radius 1 is 0.976 bits per heavy atom. The maximum Gasteiger partial charge on any atom is 0.338 e. The molecule has 4 aromatic rings. The van der Waals surface area contributed by atoms with Crippen molar-refractivity contribution in [3.8, 4) is 11.5 Å². The summed E-state index contributed by atoms with van der Waals surface area (Å²) in [5.41, 5.74) is 1.73. The molecule has 0 radical (unpaired) electrons. The Kier molecular flexibility index (Phi) is 8.44. The van der Waals surface area contributed by atoms with Gasteiger partial charge >= 0.3 is 5.97 Å². The first-order chi connectivity index (χ1) is 19.9. The Balaban J connectivity index is 1.64. The van der Waals surface area contributed by atoms with Crippen LogP contribution in [0.25, 0.3) is 11.0 Å². The fraction of sp³-hybridized carbons (Fsp3) is 0.281. The number of ether oxygens (including phenoxy) is 3. The van der Waals surface area contributed by atoms with Gasteiger partial charge in [-0.15, -0.1) is 0 Å². The second kappa shape index (κ2) is 12.2. The molecule has 8 nitrogen and oxygen atoms in total. The number of amides is 1. The number of carbonyl (C=O) groups is 2. The van der Waals surface area contributed by atoms with Gasteiger partial charge < -0.3 is 18.6 Å². The van der Waals surface area contributed by atoms with Gasteiger partial charge in [-0.2, -0.15) is 0 Å². The molecule has 9 heteroatoms. The number of unbranched alkanes of at least 4 members (excludes halogenated alkanes) is 2. The van der Waals surface area contributed by atoms with Crippen molar-refractivity contribution in [2.45, 2.75) is 39.2 Å². The second-order valence-electron chi connectivity index (χ2n) is 9.63. The van der Waals surface area contributed by atoms with Gasteiger partial charge in [0, 0.05) is 10.2 Å². The van der Waals surface area contributed by atoms with Crippen LogP contribution >= 0.6 is 15.9 Å². The highest BCUT2D eigenvalue weighted by Gasteiger charge is 2.44. The third-order valence-electron chi connectivity index (χ3n) is 7.00. The van der Waals surface area contributed by atoms with Crippen LogP contribution in [0.15, 0.2) is 74.3 Å². The van der Waals surface area contributed by atoms with E-state index in [0.29, 0.717) is 45.9 Å². The second-order valence-corrected chi connectivity index (χ2v) is 10.5. The molecule has 212 valence electrons. The van der Waals surface area contributed by atoms with Crippen molar-refractivity contribution in [2.75, 3.05) is 25.2 Å². The number of benzene rings is 3. The Hall–Kier alpha value is -4.11. The van der Waals surface area contributed by atoms with E-state index < -0.39 is 17.9 Å². The van der Waals surface area contributed by atoms with Crippen molar-refractivity contribution < 1.29 is 28.2 Å². The highest BCUT2D eigenvalue weighted by molar-refractivity contribution is 9.10. The smallest absolute Gasteiger partial charge is 0.338 e. The zero-order valence-electron chi connectivity index (χ0n) is 23.1. The average Bonchev–Trinajstić information content (AvgIpc) is 3.28. The lowest BCUT2D eigenvalue weighted by Gasteiger charge is -2.26. The van der Waals surface area contributed by atoms with Gasteiger partial charge in [0.1, 0.15) is 5.58 Å². The number of methoxy groups -OCH3 is 1. The van der Waals surface area contributed by atoms with Crippen LogP contribution in [-0.2, 0) is 4.74 Å². The number of esters is 1. The first-order valence-electron chi connectivity index (χ1n) is 13.6. The van der Waals surface area contributed by atoms with Gasteiger partial charge in [0.25, 0.3) is 5.91 Å². The molecular formula is C32H30BrNO7. The standard InChI is InChI=1S/C32H30BrNO7/c1-4-6-7-16-40-25-14-10-20(17-26(25)38-3)28-27-29(35)23-18-21(33)11-15-24(23)41-30(27)31(36)34(28)22-12-8-19(9-13-22)32(37)39-5-2/h8-15,17-18,28H,4-7,16H2,1-3H3. The quantitative estimate of drug-likeness (QED) is 0.138. The van der Waals surface area contributed by atoms with Gasteiger partial charge in [0.05, 0.1) is 42.9 Å². The molecule has 5 rings (SSSR count). The summed E-state index contributed by atoms with van der Waals surface area (Å²) in [6.45, 7) is 4.67. The summed E-state index contributed by atoms with van der Waals surface area (Å²) < 4.78 is 23.5. The molecular weight excluding hydrogens is 590 g/mol. The molecule has 3 aromatic carbocycles. The summed E-state index contributed by atoms with van der Waals surface area (Å²) in [5.74, 6) is 0.125. The Morgan fingerprint density at radius 3 is 2.46 bits per heavy atom. The van der Waals surface area contributed by atoms with Crippen LogP contribution < -0.4 is 19.8 Å². The number of carbonyl (C=O) groups excluding carboxylic acids is 2. The van der Waals surface area contributed by atoms with Crippen LogP contribution in [0, 0.1) is 0 Å². The minimum Gasteiger partial charge on any atom is -0.493 e. The largest absolute Gasteiger partial charge is 0.493 e. The number of rotatable bonds is 10. The van der Waals surface area contributed by atoms with E-state index >= 15 is 0 Å². The topological polar surface area (TPSA) is 95.3 Å². The molecule has 1 atom stereocenters. The van der Waals surface area contributed by atoms with Gasteiger partial charge in [-0.25, -0.2) is 4.79 Å². The van der Waals surface area contributed by atoms with Crippen LogP contribution in [0.5, 0.6) is 11.5 Å². The highest BCUT2D eigenvalue weighted by Crippen LogP contribution is 2.43. The van der Waals surface area contributed by atoms with Gasteiger partial charge in [-0.3, -0.25) is 14.5 Å². The Morgan fingerprint density at radius 2 is 1.76 bits per heavy atom. The Labute approximate surface area is 245 Å². The molecule has 0 fully saturated rings. The number of nitrogens with zero attached hydrogens (tertiary/aromatic N) is 1. The van der Waals surface area contributed by atoms with E-state index in [1.54, 1.807) is 68.6 Å². The van der Waals surface area contributed by atoms with Crippen molar-refractivity contribution in [3.63, 3.8) is 0 Å². The predicted octanol–water partition coefficient (Wildman–Crippen LogP) is 7.06. The van der Waals surface area contributed by atoms with E-state index in [4.69, 9.17) is 18.6 Å². The first kappa shape index (κ1) is 28.4. The van der Waals surface area contributed by atoms with Crippen molar-refractivity contribution >= 4 is 44.5 Å². The fourth-order valence-corrected chi connectivity index (χ4v) is 5.37. The van der Waals surface area contributed by atoms with Crippen LogP contribution in [0.2, 0.25) is 0 Å². The SMILES string of the molecule is CCCCCOc1ccc(C2c3c(oc4ccc(Br)cc4c3=O)C(=O)N2c2ccc(C(=O)OCC)cc2)cc1OC. The third-order valence-corrected chi connectivity index (χ3v) is 7.49. The third kappa shape index (κ3) is 5.46. The predicted molar refractivity (Wildman–Crippen MR) is 159 cm³/mol. The molecule has 1 aliphatic heterocycles. The summed E-state index contributed by atoms with van der Waals surface area (Å²) in [7, 11) is 1.55. The molecule has 2 heterocycles. The minimum absolute atomic E-state index is 0.0249. The van der Waals surface area contributed by atoms with Crippen LogP contribution in [0.1, 0.15) is 71.2 Å². The first-order valence-corrected chi connectivity index (χ1v) is 14.3. The zero-order valence-corrected chi connectivity index (χ0v) is 24.7. The van der Waals surface area contributed by atoms with Crippen LogP contribution in [-0.4, -0.2) is 32.2 Å². The Bertz CT molecular complexity index is 1660. The van der Waals surface area contributed by atoms with E-state index in [0.717, 1.165) is 23.7 Å². The van der Waals surface area contributed by atoms with Gasteiger partial charge in [0.15, 0.2) is 16.9 Å². The number of hydrogen-bond donors (Lipinski definition) is 0. The average molecular weight is 620 g/mol. The van der Waals surface area contributed by atoms with Crippen LogP contribution in [0.4, 0.5) is 5.69 Å². The van der Waals surface area contributed by atoms with E-state index in [2.05, 4.69) is 22.9 Å². The van der Waals surface area contributed by atoms with E-state index in [9.17, 15) is 14.4 Å². The molecule has 41 heavy (non-hydrogen) atoms. The van der Waals surface area contributed by atoms with Gasteiger partial charge in [-0.1, -0.05) is 41.8 Å². The lowest BCUT2D eigenvalue weighted by atomic mass is 9.97. The van der Waals surface area contributed by atoms with E-state index in [-0.39, 0.29) is 23.4 Å². The summed E-state index contributed by atoms with van der Waals surface area (Å²) in [5, 5.41) is 0.360. The summed E-state index contributed by atoms with van der Waals surface area (Å²) in [6, 6.07) is 16.2. The maximum atomic E-state index is 13.9. The molecule has 0 aliphatic carbocycles. The fourth-order valence-electron chi connectivity index (χ4n) is 5.01. The molecule has 0 saturated heterocycles. The summed E-state index contributed by atoms with van der Waals surface area (Å²) in [4.78, 5) is 41.6.